The summed E-state index contributed by atoms with van der Waals surface area (Å²) in [6.07, 6.45) is 8.43. The van der Waals surface area contributed by atoms with Gasteiger partial charge in [-0.2, -0.15) is 4.98 Å². The van der Waals surface area contributed by atoms with Gasteiger partial charge in [-0.05, 0) is 56.4 Å². The second kappa shape index (κ2) is 7.56. The molecular formula is C20H24FN3O2. The molecule has 2 heterocycles. The second-order valence-electron chi connectivity index (χ2n) is 7.34. The molecule has 2 aliphatic rings. The van der Waals surface area contributed by atoms with Crippen molar-refractivity contribution in [1.82, 2.24) is 15.0 Å². The number of rotatable bonds is 3. The third-order valence-corrected chi connectivity index (χ3v) is 5.57. The Kier molecular flexibility index (Phi) is 5.00. The molecule has 0 spiro atoms. The van der Waals surface area contributed by atoms with Crippen molar-refractivity contribution in [2.24, 2.45) is 5.92 Å². The molecule has 1 amide bonds. The second-order valence-corrected chi connectivity index (χ2v) is 7.34. The highest BCUT2D eigenvalue weighted by Crippen LogP contribution is 2.35. The zero-order chi connectivity index (χ0) is 17.9. The third-order valence-electron chi connectivity index (χ3n) is 5.57. The fraction of sp³-hybridized carbons (Fsp3) is 0.550. The van der Waals surface area contributed by atoms with E-state index in [0.717, 1.165) is 51.5 Å². The maximum absolute atomic E-state index is 13.1. The van der Waals surface area contributed by atoms with E-state index in [1.807, 2.05) is 4.90 Å². The van der Waals surface area contributed by atoms with Gasteiger partial charge in [0.15, 0.2) is 0 Å². The number of hydrogen-bond acceptors (Lipinski definition) is 4. The Morgan fingerprint density at radius 3 is 2.54 bits per heavy atom. The molecule has 6 heteroatoms. The first-order valence-corrected chi connectivity index (χ1v) is 9.62. The van der Waals surface area contributed by atoms with E-state index in [0.29, 0.717) is 17.3 Å². The van der Waals surface area contributed by atoms with Gasteiger partial charge in [0.1, 0.15) is 11.9 Å². The number of benzene rings is 1. The molecule has 0 bridgehead atoms. The fourth-order valence-electron chi connectivity index (χ4n) is 4.12. The van der Waals surface area contributed by atoms with Gasteiger partial charge in [-0.3, -0.25) is 4.79 Å². The maximum Gasteiger partial charge on any atom is 0.249 e. The SMILES string of the molecule is O=C(C1CCCCC1)N1CCCCC1c1nc(-c2ccc(F)cc2)no1. The van der Waals surface area contributed by atoms with E-state index in [2.05, 4.69) is 10.1 Å². The zero-order valence-corrected chi connectivity index (χ0v) is 14.9. The highest BCUT2D eigenvalue weighted by molar-refractivity contribution is 5.79. The van der Waals surface area contributed by atoms with Gasteiger partial charge in [0.05, 0.1) is 0 Å². The van der Waals surface area contributed by atoms with E-state index in [1.54, 1.807) is 12.1 Å². The van der Waals surface area contributed by atoms with Crippen LogP contribution in [-0.4, -0.2) is 27.5 Å². The molecule has 1 atom stereocenters. The van der Waals surface area contributed by atoms with Crippen LogP contribution in [0.15, 0.2) is 28.8 Å². The van der Waals surface area contributed by atoms with Crippen LogP contribution in [0.3, 0.4) is 0 Å². The van der Waals surface area contributed by atoms with Gasteiger partial charge in [-0.25, -0.2) is 4.39 Å². The molecule has 138 valence electrons. The van der Waals surface area contributed by atoms with Crippen molar-refractivity contribution in [2.45, 2.75) is 57.4 Å². The first-order chi connectivity index (χ1) is 12.7. The normalized spacial score (nSPS) is 21.7. The van der Waals surface area contributed by atoms with E-state index in [4.69, 9.17) is 4.52 Å². The Labute approximate surface area is 152 Å². The molecule has 1 aliphatic heterocycles. The summed E-state index contributed by atoms with van der Waals surface area (Å²) in [5.74, 6) is 1.03. The van der Waals surface area contributed by atoms with Crippen molar-refractivity contribution in [1.29, 1.82) is 0 Å². The van der Waals surface area contributed by atoms with Crippen molar-refractivity contribution in [3.63, 3.8) is 0 Å². The summed E-state index contributed by atoms with van der Waals surface area (Å²) in [6, 6.07) is 5.89. The van der Waals surface area contributed by atoms with Crippen molar-refractivity contribution in [3.05, 3.63) is 36.0 Å². The van der Waals surface area contributed by atoms with Gasteiger partial charge < -0.3 is 9.42 Å². The number of carbonyl (C=O) groups excluding carboxylic acids is 1. The predicted molar refractivity (Wildman–Crippen MR) is 94.6 cm³/mol. The lowest BCUT2D eigenvalue weighted by molar-refractivity contribution is -0.141. The summed E-state index contributed by atoms with van der Waals surface area (Å²) in [5, 5.41) is 4.05. The number of amides is 1. The highest BCUT2D eigenvalue weighted by Gasteiger charge is 2.35. The average Bonchev–Trinajstić information content (AvgIpc) is 3.19. The van der Waals surface area contributed by atoms with Gasteiger partial charge in [-0.1, -0.05) is 24.4 Å². The van der Waals surface area contributed by atoms with Crippen molar-refractivity contribution in [3.8, 4) is 11.4 Å². The zero-order valence-electron chi connectivity index (χ0n) is 14.9. The monoisotopic (exact) mass is 357 g/mol. The van der Waals surface area contributed by atoms with Crippen LogP contribution in [0.4, 0.5) is 4.39 Å². The first kappa shape index (κ1) is 17.2. The Bertz CT molecular complexity index is 753. The van der Waals surface area contributed by atoms with E-state index in [-0.39, 0.29) is 23.7 Å². The number of aromatic nitrogens is 2. The van der Waals surface area contributed by atoms with Crippen LogP contribution in [0.1, 0.15) is 63.3 Å². The van der Waals surface area contributed by atoms with Gasteiger partial charge in [0, 0.05) is 18.0 Å². The maximum atomic E-state index is 13.1. The lowest BCUT2D eigenvalue weighted by Crippen LogP contribution is -2.42. The van der Waals surface area contributed by atoms with E-state index >= 15 is 0 Å². The highest BCUT2D eigenvalue weighted by atomic mass is 19.1. The molecular weight excluding hydrogens is 333 g/mol. The average molecular weight is 357 g/mol. The number of piperidine rings is 1. The van der Waals surface area contributed by atoms with Crippen LogP contribution in [0.2, 0.25) is 0 Å². The molecule has 1 saturated carbocycles. The van der Waals surface area contributed by atoms with Crippen LogP contribution >= 0.6 is 0 Å². The molecule has 5 nitrogen and oxygen atoms in total. The Morgan fingerprint density at radius 2 is 1.77 bits per heavy atom. The largest absolute Gasteiger partial charge is 0.337 e. The summed E-state index contributed by atoms with van der Waals surface area (Å²) < 4.78 is 18.6. The molecule has 1 aromatic carbocycles. The van der Waals surface area contributed by atoms with Crippen LogP contribution in [0.5, 0.6) is 0 Å². The Morgan fingerprint density at radius 1 is 1.04 bits per heavy atom. The Hall–Kier alpha value is -2.24. The van der Waals surface area contributed by atoms with Crippen molar-refractivity contribution < 1.29 is 13.7 Å². The molecule has 1 aliphatic carbocycles. The minimum atomic E-state index is -0.297. The molecule has 1 saturated heterocycles. The molecule has 4 rings (SSSR count). The topological polar surface area (TPSA) is 59.2 Å². The summed E-state index contributed by atoms with van der Waals surface area (Å²) in [6.45, 7) is 0.758. The lowest BCUT2D eigenvalue weighted by atomic mass is 9.87. The number of nitrogens with zero attached hydrogens (tertiary/aromatic N) is 3. The van der Waals surface area contributed by atoms with E-state index in [9.17, 15) is 9.18 Å². The summed E-state index contributed by atoms with van der Waals surface area (Å²) >= 11 is 0. The molecule has 1 unspecified atom stereocenters. The molecule has 26 heavy (non-hydrogen) atoms. The summed E-state index contributed by atoms with van der Waals surface area (Å²) in [5.41, 5.74) is 0.711. The van der Waals surface area contributed by atoms with Crippen molar-refractivity contribution in [2.75, 3.05) is 6.54 Å². The molecule has 0 N–H and O–H groups in total. The quantitative estimate of drug-likeness (QED) is 0.811. The molecule has 2 aromatic rings. The van der Waals surface area contributed by atoms with Gasteiger partial charge in [-0.15, -0.1) is 0 Å². The smallest absolute Gasteiger partial charge is 0.249 e. The van der Waals surface area contributed by atoms with Crippen molar-refractivity contribution >= 4 is 5.91 Å². The fourth-order valence-corrected chi connectivity index (χ4v) is 4.12. The molecule has 0 radical (unpaired) electrons. The van der Waals surface area contributed by atoms with E-state index in [1.165, 1.54) is 18.6 Å². The minimum Gasteiger partial charge on any atom is -0.337 e. The third kappa shape index (κ3) is 3.50. The number of carbonyl (C=O) groups is 1. The van der Waals surface area contributed by atoms with Gasteiger partial charge >= 0.3 is 0 Å². The predicted octanol–water partition coefficient (Wildman–Crippen LogP) is 4.51. The summed E-state index contributed by atoms with van der Waals surface area (Å²) in [7, 11) is 0. The van der Waals surface area contributed by atoms with Crippen LogP contribution in [-0.2, 0) is 4.79 Å². The van der Waals surface area contributed by atoms with Crippen LogP contribution < -0.4 is 0 Å². The molecule has 2 fully saturated rings. The standard InChI is InChI=1S/C20H24FN3O2/c21-16-11-9-14(10-12-16)18-22-19(26-23-18)17-8-4-5-13-24(17)20(25)15-6-2-1-3-7-15/h9-12,15,17H,1-8,13H2. The lowest BCUT2D eigenvalue weighted by Gasteiger charge is -2.36. The van der Waals surface area contributed by atoms with E-state index < -0.39 is 0 Å². The number of hydrogen-bond donors (Lipinski definition) is 0. The number of halogens is 1. The van der Waals surface area contributed by atoms with Crippen LogP contribution in [0, 0.1) is 11.7 Å². The summed E-state index contributed by atoms with van der Waals surface area (Å²) in [4.78, 5) is 19.5. The molecule has 1 aromatic heterocycles. The number of likely N-dealkylation sites (tertiary alicyclic amines) is 1. The Balaban J connectivity index is 1.54. The van der Waals surface area contributed by atoms with Gasteiger partial charge in [0.25, 0.3) is 0 Å². The van der Waals surface area contributed by atoms with Crippen LogP contribution in [0.25, 0.3) is 11.4 Å². The first-order valence-electron chi connectivity index (χ1n) is 9.62. The van der Waals surface area contributed by atoms with Gasteiger partial charge in [0.2, 0.25) is 17.6 Å². The minimum absolute atomic E-state index is 0.139.